The first-order valence-electron chi connectivity index (χ1n) is 5.95. The van der Waals surface area contributed by atoms with E-state index < -0.39 is 10.2 Å². The van der Waals surface area contributed by atoms with Crippen LogP contribution in [0.5, 0.6) is 0 Å². The van der Waals surface area contributed by atoms with Crippen LogP contribution in [-0.4, -0.2) is 56.4 Å². The number of likely N-dealkylation sites (N-methyl/N-ethyl adjacent to an activating group) is 1. The van der Waals surface area contributed by atoms with Crippen molar-refractivity contribution < 1.29 is 8.42 Å². The summed E-state index contributed by atoms with van der Waals surface area (Å²) >= 11 is 0. The molecule has 1 aliphatic rings. The molecule has 5 nitrogen and oxygen atoms in total. The number of hydrogen-bond donors (Lipinski definition) is 1. The van der Waals surface area contributed by atoms with Crippen molar-refractivity contribution in [3.05, 3.63) is 0 Å². The van der Waals surface area contributed by atoms with Crippen LogP contribution in [-0.2, 0) is 10.2 Å². The lowest BCUT2D eigenvalue weighted by molar-refractivity contribution is 0.301. The van der Waals surface area contributed by atoms with Gasteiger partial charge in [0.1, 0.15) is 0 Å². The molecule has 0 unspecified atom stereocenters. The largest absolute Gasteiger partial charge is 0.302 e. The molecule has 96 valence electrons. The Morgan fingerprint density at radius 2 is 1.88 bits per heavy atom. The Morgan fingerprint density at radius 3 is 2.44 bits per heavy atom. The second-order valence-electron chi connectivity index (χ2n) is 4.46. The lowest BCUT2D eigenvalue weighted by atomic mass is 10.4. The van der Waals surface area contributed by atoms with Crippen LogP contribution in [0.2, 0.25) is 0 Å². The fraction of sp³-hybridized carbons (Fsp3) is 1.00. The third-order valence-corrected chi connectivity index (χ3v) is 4.53. The highest BCUT2D eigenvalue weighted by Crippen LogP contribution is 2.07. The molecule has 0 saturated carbocycles. The predicted octanol–water partition coefficient (Wildman–Crippen LogP) is 0.257. The number of nitrogens with zero attached hydrogens (tertiary/aromatic N) is 2. The molecule has 1 rings (SSSR count). The fourth-order valence-electron chi connectivity index (χ4n) is 1.88. The SMILES string of the molecule is CCN1CCCN(S(=O)(=O)NC(C)C)CC1. The lowest BCUT2D eigenvalue weighted by Gasteiger charge is -2.22. The van der Waals surface area contributed by atoms with Crippen LogP contribution < -0.4 is 4.72 Å². The zero-order valence-electron chi connectivity index (χ0n) is 10.4. The molecule has 1 heterocycles. The molecule has 1 N–H and O–H groups in total. The minimum Gasteiger partial charge on any atom is -0.302 e. The molecule has 1 saturated heterocycles. The van der Waals surface area contributed by atoms with Crippen molar-refractivity contribution in [2.24, 2.45) is 0 Å². The van der Waals surface area contributed by atoms with Gasteiger partial charge in [-0.1, -0.05) is 6.92 Å². The summed E-state index contributed by atoms with van der Waals surface area (Å²) in [5.41, 5.74) is 0. The average Bonchev–Trinajstić information content (AvgIpc) is 2.40. The topological polar surface area (TPSA) is 52.7 Å². The highest BCUT2D eigenvalue weighted by molar-refractivity contribution is 7.87. The van der Waals surface area contributed by atoms with Gasteiger partial charge in [-0.15, -0.1) is 0 Å². The van der Waals surface area contributed by atoms with Gasteiger partial charge in [0.2, 0.25) is 0 Å². The van der Waals surface area contributed by atoms with Crippen LogP contribution in [0.25, 0.3) is 0 Å². The highest BCUT2D eigenvalue weighted by Gasteiger charge is 2.24. The number of hydrogen-bond acceptors (Lipinski definition) is 3. The molecular weight excluding hydrogens is 226 g/mol. The van der Waals surface area contributed by atoms with Gasteiger partial charge in [-0.05, 0) is 33.4 Å². The first kappa shape index (κ1) is 13.9. The molecule has 0 atom stereocenters. The van der Waals surface area contributed by atoms with Gasteiger partial charge in [0.25, 0.3) is 10.2 Å². The molecule has 16 heavy (non-hydrogen) atoms. The molecule has 0 bridgehead atoms. The van der Waals surface area contributed by atoms with Crippen LogP contribution in [0.3, 0.4) is 0 Å². The van der Waals surface area contributed by atoms with Crippen molar-refractivity contribution >= 4 is 10.2 Å². The van der Waals surface area contributed by atoms with Gasteiger partial charge in [-0.25, -0.2) is 0 Å². The molecule has 1 fully saturated rings. The van der Waals surface area contributed by atoms with E-state index in [0.29, 0.717) is 13.1 Å². The van der Waals surface area contributed by atoms with Gasteiger partial charge in [0.05, 0.1) is 0 Å². The Bertz CT molecular complexity index is 303. The second-order valence-corrected chi connectivity index (χ2v) is 6.17. The lowest BCUT2D eigenvalue weighted by Crippen LogP contribution is -2.45. The Hall–Kier alpha value is -0.170. The second kappa shape index (κ2) is 5.95. The van der Waals surface area contributed by atoms with Crippen molar-refractivity contribution in [2.75, 3.05) is 32.7 Å². The summed E-state index contributed by atoms with van der Waals surface area (Å²) in [5, 5.41) is 0. The first-order chi connectivity index (χ1) is 7.45. The summed E-state index contributed by atoms with van der Waals surface area (Å²) in [6.45, 7) is 9.82. The van der Waals surface area contributed by atoms with Crippen molar-refractivity contribution in [1.82, 2.24) is 13.9 Å². The maximum Gasteiger partial charge on any atom is 0.279 e. The molecule has 0 aromatic rings. The van der Waals surface area contributed by atoms with Gasteiger partial charge in [0.15, 0.2) is 0 Å². The average molecular weight is 249 g/mol. The molecule has 0 aromatic heterocycles. The molecule has 1 aliphatic heterocycles. The Morgan fingerprint density at radius 1 is 1.19 bits per heavy atom. The van der Waals surface area contributed by atoms with Gasteiger partial charge in [-0.3, -0.25) is 0 Å². The van der Waals surface area contributed by atoms with Crippen LogP contribution in [0.15, 0.2) is 0 Å². The Balaban J connectivity index is 2.60. The van der Waals surface area contributed by atoms with E-state index in [-0.39, 0.29) is 6.04 Å². The number of nitrogens with one attached hydrogen (secondary N) is 1. The van der Waals surface area contributed by atoms with Crippen molar-refractivity contribution in [3.8, 4) is 0 Å². The minimum atomic E-state index is -3.28. The van der Waals surface area contributed by atoms with Gasteiger partial charge >= 0.3 is 0 Å². The molecule has 6 heteroatoms. The third-order valence-electron chi connectivity index (χ3n) is 2.72. The molecule has 0 radical (unpaired) electrons. The normalized spacial score (nSPS) is 21.2. The van der Waals surface area contributed by atoms with Crippen molar-refractivity contribution in [2.45, 2.75) is 33.2 Å². The summed E-state index contributed by atoms with van der Waals surface area (Å²) in [4.78, 5) is 2.28. The van der Waals surface area contributed by atoms with E-state index >= 15 is 0 Å². The van der Waals surface area contributed by atoms with Crippen molar-refractivity contribution in [3.63, 3.8) is 0 Å². The number of rotatable bonds is 4. The van der Waals surface area contributed by atoms with E-state index in [1.165, 1.54) is 0 Å². The zero-order chi connectivity index (χ0) is 12.2. The summed E-state index contributed by atoms with van der Waals surface area (Å²) in [7, 11) is -3.28. The molecule has 0 aromatic carbocycles. The monoisotopic (exact) mass is 249 g/mol. The molecular formula is C10H23N3O2S. The predicted molar refractivity (Wildman–Crippen MR) is 65.5 cm³/mol. The molecule has 0 amide bonds. The van der Waals surface area contributed by atoms with Crippen LogP contribution in [0.1, 0.15) is 27.2 Å². The Kier molecular flexibility index (Phi) is 5.17. The Labute approximate surface area is 99.0 Å². The molecule has 0 spiro atoms. The summed E-state index contributed by atoms with van der Waals surface area (Å²) in [6, 6.07) is -0.0458. The van der Waals surface area contributed by atoms with E-state index in [1.807, 2.05) is 13.8 Å². The standard InChI is InChI=1S/C10H23N3O2S/c1-4-12-6-5-7-13(9-8-12)16(14,15)11-10(2)3/h10-11H,4-9H2,1-3H3. The summed E-state index contributed by atoms with van der Waals surface area (Å²) in [6.07, 6.45) is 0.910. The summed E-state index contributed by atoms with van der Waals surface area (Å²) < 4.78 is 28.1. The molecule has 0 aliphatic carbocycles. The van der Waals surface area contributed by atoms with E-state index in [4.69, 9.17) is 0 Å². The van der Waals surface area contributed by atoms with Crippen LogP contribution in [0, 0.1) is 0 Å². The van der Waals surface area contributed by atoms with E-state index in [0.717, 1.165) is 26.1 Å². The van der Waals surface area contributed by atoms with Gasteiger partial charge in [-0.2, -0.15) is 17.4 Å². The van der Waals surface area contributed by atoms with Crippen LogP contribution in [0.4, 0.5) is 0 Å². The first-order valence-corrected chi connectivity index (χ1v) is 7.39. The van der Waals surface area contributed by atoms with Crippen LogP contribution >= 0.6 is 0 Å². The van der Waals surface area contributed by atoms with Gasteiger partial charge < -0.3 is 4.90 Å². The quantitative estimate of drug-likeness (QED) is 0.777. The van der Waals surface area contributed by atoms with E-state index in [2.05, 4.69) is 16.5 Å². The maximum atomic E-state index is 11.9. The van der Waals surface area contributed by atoms with Crippen molar-refractivity contribution in [1.29, 1.82) is 0 Å². The third kappa shape index (κ3) is 4.01. The van der Waals surface area contributed by atoms with E-state index in [1.54, 1.807) is 4.31 Å². The summed E-state index contributed by atoms with van der Waals surface area (Å²) in [5.74, 6) is 0. The zero-order valence-corrected chi connectivity index (χ0v) is 11.3. The fourth-order valence-corrected chi connectivity index (χ4v) is 3.31. The smallest absolute Gasteiger partial charge is 0.279 e. The minimum absolute atomic E-state index is 0.0458. The maximum absolute atomic E-state index is 11.9. The van der Waals surface area contributed by atoms with E-state index in [9.17, 15) is 8.42 Å². The van der Waals surface area contributed by atoms with Gasteiger partial charge in [0, 0.05) is 25.7 Å². The highest BCUT2D eigenvalue weighted by atomic mass is 32.2.